The number of fused-ring (bicyclic) bond motifs is 1. The van der Waals surface area contributed by atoms with Crippen molar-refractivity contribution in [2.75, 3.05) is 31.1 Å². The predicted molar refractivity (Wildman–Crippen MR) is 117 cm³/mol. The minimum atomic E-state index is -4.75. The number of hydrogen-bond donors (Lipinski definition) is 0. The lowest BCUT2D eigenvalue weighted by Crippen LogP contribution is -2.48. The van der Waals surface area contributed by atoms with Crippen LogP contribution in [-0.4, -0.2) is 53.3 Å². The number of non-ortho nitro benzene ring substituents is 1. The molecule has 1 amide bonds. The summed E-state index contributed by atoms with van der Waals surface area (Å²) in [4.78, 5) is 30.8. The monoisotopic (exact) mass is 478 g/mol. The van der Waals surface area contributed by atoms with Gasteiger partial charge in [0.25, 0.3) is 5.69 Å². The van der Waals surface area contributed by atoms with Crippen LogP contribution in [0.15, 0.2) is 48.5 Å². The lowest BCUT2D eigenvalue weighted by Gasteiger charge is -2.34. The third kappa shape index (κ3) is 5.58. The molecule has 0 saturated carbocycles. The van der Waals surface area contributed by atoms with Crippen LogP contribution in [0.25, 0.3) is 16.3 Å². The quantitative estimate of drug-likeness (QED) is 0.306. The zero-order valence-corrected chi connectivity index (χ0v) is 17.8. The van der Waals surface area contributed by atoms with Gasteiger partial charge in [0, 0.05) is 50.5 Å². The summed E-state index contributed by atoms with van der Waals surface area (Å²) in [7, 11) is 0. The zero-order valence-electron chi connectivity index (χ0n) is 17.0. The van der Waals surface area contributed by atoms with Crippen LogP contribution < -0.4 is 9.64 Å². The number of anilines is 1. The summed E-state index contributed by atoms with van der Waals surface area (Å²) in [5.74, 6) is -0.466. The Labute approximate surface area is 189 Å². The largest absolute Gasteiger partial charge is 0.573 e. The molecule has 2 heterocycles. The molecule has 0 spiro atoms. The maximum atomic E-state index is 12.5. The van der Waals surface area contributed by atoms with Crippen molar-refractivity contribution in [3.8, 4) is 5.75 Å². The Morgan fingerprint density at radius 3 is 2.45 bits per heavy atom. The number of benzene rings is 2. The van der Waals surface area contributed by atoms with Crippen molar-refractivity contribution in [3.05, 3.63) is 64.2 Å². The maximum absolute atomic E-state index is 12.5. The summed E-state index contributed by atoms with van der Waals surface area (Å²) >= 11 is 1.27. The van der Waals surface area contributed by atoms with Gasteiger partial charge in [-0.1, -0.05) is 11.3 Å². The van der Waals surface area contributed by atoms with Crippen LogP contribution in [0, 0.1) is 10.1 Å². The molecule has 0 unspecified atom stereocenters. The number of nitro groups is 1. The van der Waals surface area contributed by atoms with Gasteiger partial charge in [0.15, 0.2) is 5.13 Å². The molecule has 3 aromatic rings. The fourth-order valence-electron chi connectivity index (χ4n) is 3.32. The Kier molecular flexibility index (Phi) is 6.18. The number of alkyl halides is 3. The number of hydrogen-bond acceptors (Lipinski definition) is 7. The first-order chi connectivity index (χ1) is 15.7. The van der Waals surface area contributed by atoms with E-state index in [1.165, 1.54) is 47.7 Å². The Balaban J connectivity index is 1.35. The third-order valence-electron chi connectivity index (χ3n) is 4.97. The highest BCUT2D eigenvalue weighted by atomic mass is 32.1. The highest BCUT2D eigenvalue weighted by Crippen LogP contribution is 2.33. The first kappa shape index (κ1) is 22.5. The van der Waals surface area contributed by atoms with E-state index >= 15 is 0 Å². The summed E-state index contributed by atoms with van der Waals surface area (Å²) in [5, 5.41) is 11.4. The minimum Gasteiger partial charge on any atom is -0.406 e. The highest BCUT2D eigenvalue weighted by molar-refractivity contribution is 7.22. The maximum Gasteiger partial charge on any atom is 0.573 e. The van der Waals surface area contributed by atoms with Crippen molar-refractivity contribution < 1.29 is 27.6 Å². The second kappa shape index (κ2) is 9.06. The molecule has 1 aliphatic rings. The van der Waals surface area contributed by atoms with E-state index in [9.17, 15) is 28.1 Å². The van der Waals surface area contributed by atoms with Crippen molar-refractivity contribution in [1.29, 1.82) is 0 Å². The van der Waals surface area contributed by atoms with Crippen LogP contribution >= 0.6 is 11.3 Å². The van der Waals surface area contributed by atoms with E-state index in [0.29, 0.717) is 47.1 Å². The molecule has 12 heteroatoms. The number of ether oxygens (including phenoxy) is 1. The second-order valence-corrected chi connectivity index (χ2v) is 8.18. The van der Waals surface area contributed by atoms with Crippen LogP contribution in [0.2, 0.25) is 0 Å². The van der Waals surface area contributed by atoms with Crippen molar-refractivity contribution in [2.24, 2.45) is 0 Å². The Morgan fingerprint density at radius 1 is 1.12 bits per heavy atom. The Morgan fingerprint density at radius 2 is 1.82 bits per heavy atom. The van der Waals surface area contributed by atoms with Gasteiger partial charge in [-0.2, -0.15) is 0 Å². The first-order valence-electron chi connectivity index (χ1n) is 9.81. The molecule has 2 aromatic carbocycles. The van der Waals surface area contributed by atoms with Crippen molar-refractivity contribution in [3.63, 3.8) is 0 Å². The van der Waals surface area contributed by atoms with Gasteiger partial charge in [0.2, 0.25) is 5.91 Å². The third-order valence-corrected chi connectivity index (χ3v) is 6.05. The minimum absolute atomic E-state index is 0.0199. The van der Waals surface area contributed by atoms with E-state index in [2.05, 4.69) is 9.72 Å². The van der Waals surface area contributed by atoms with Crippen molar-refractivity contribution in [2.45, 2.75) is 6.36 Å². The van der Waals surface area contributed by atoms with Gasteiger partial charge in [-0.3, -0.25) is 14.9 Å². The standard InChI is InChI=1S/C21H17F3N4O4S/c22-21(23,24)32-16-6-7-17-18(13-16)33-20(25-17)27-11-9-26(10-12-27)19(29)8-3-14-1-4-15(5-2-14)28(30)31/h1-8,13H,9-12H2/b8-3+. The Hall–Kier alpha value is -3.67. The summed E-state index contributed by atoms with van der Waals surface area (Å²) in [6.45, 7) is 1.98. The summed E-state index contributed by atoms with van der Waals surface area (Å²) < 4.78 is 41.8. The molecular weight excluding hydrogens is 461 g/mol. The molecule has 1 aromatic heterocycles. The predicted octanol–water partition coefficient (Wildman–Crippen LogP) is 4.47. The average molecular weight is 478 g/mol. The molecule has 0 N–H and O–H groups in total. The number of carbonyl (C=O) groups is 1. The molecule has 0 bridgehead atoms. The van der Waals surface area contributed by atoms with Crippen LogP contribution in [-0.2, 0) is 4.79 Å². The molecule has 0 aliphatic carbocycles. The number of nitrogens with zero attached hydrogens (tertiary/aromatic N) is 4. The average Bonchev–Trinajstić information content (AvgIpc) is 3.20. The van der Waals surface area contributed by atoms with Gasteiger partial charge in [-0.05, 0) is 35.9 Å². The van der Waals surface area contributed by atoms with E-state index < -0.39 is 11.3 Å². The van der Waals surface area contributed by atoms with Crippen molar-refractivity contribution in [1.82, 2.24) is 9.88 Å². The van der Waals surface area contributed by atoms with Gasteiger partial charge in [0.1, 0.15) is 5.75 Å². The SMILES string of the molecule is O=C(/C=C/c1ccc([N+](=O)[O-])cc1)N1CCN(c2nc3ccc(OC(F)(F)F)cc3s2)CC1. The molecule has 172 valence electrons. The smallest absolute Gasteiger partial charge is 0.406 e. The zero-order chi connectivity index (χ0) is 23.6. The molecule has 0 atom stereocenters. The number of aromatic nitrogens is 1. The normalized spacial score (nSPS) is 14.8. The number of thiazole rings is 1. The number of halogens is 3. The van der Waals surface area contributed by atoms with E-state index in [4.69, 9.17) is 0 Å². The first-order valence-corrected chi connectivity index (χ1v) is 10.6. The number of amides is 1. The van der Waals surface area contributed by atoms with E-state index in [-0.39, 0.29) is 17.3 Å². The molecule has 33 heavy (non-hydrogen) atoms. The molecule has 4 rings (SSSR count). The fraction of sp³-hybridized carbons (Fsp3) is 0.238. The van der Waals surface area contributed by atoms with Gasteiger partial charge < -0.3 is 14.5 Å². The Bertz CT molecular complexity index is 1200. The van der Waals surface area contributed by atoms with Crippen LogP contribution in [0.1, 0.15) is 5.56 Å². The summed E-state index contributed by atoms with van der Waals surface area (Å²) in [6.07, 6.45) is -1.72. The molecule has 0 radical (unpaired) electrons. The number of rotatable bonds is 5. The van der Waals surface area contributed by atoms with Gasteiger partial charge in [-0.15, -0.1) is 13.2 Å². The second-order valence-electron chi connectivity index (χ2n) is 7.17. The van der Waals surface area contributed by atoms with Crippen LogP contribution in [0.4, 0.5) is 24.0 Å². The summed E-state index contributed by atoms with van der Waals surface area (Å²) in [5.41, 5.74) is 1.23. The summed E-state index contributed by atoms with van der Waals surface area (Å²) in [6, 6.07) is 9.91. The van der Waals surface area contributed by atoms with E-state index in [1.54, 1.807) is 23.1 Å². The van der Waals surface area contributed by atoms with Crippen LogP contribution in [0.3, 0.4) is 0 Å². The lowest BCUT2D eigenvalue weighted by molar-refractivity contribution is -0.384. The fourth-order valence-corrected chi connectivity index (χ4v) is 4.37. The van der Waals surface area contributed by atoms with Gasteiger partial charge in [0.05, 0.1) is 15.1 Å². The number of carbonyl (C=O) groups excluding carboxylic acids is 1. The van der Waals surface area contributed by atoms with E-state index in [1.807, 2.05) is 4.90 Å². The van der Waals surface area contributed by atoms with Crippen molar-refractivity contribution >= 4 is 44.4 Å². The highest BCUT2D eigenvalue weighted by Gasteiger charge is 2.31. The topological polar surface area (TPSA) is 88.8 Å². The van der Waals surface area contributed by atoms with Gasteiger partial charge in [-0.25, -0.2) is 4.98 Å². The number of nitro benzene ring substituents is 1. The molecule has 8 nitrogen and oxygen atoms in total. The van der Waals surface area contributed by atoms with Gasteiger partial charge >= 0.3 is 6.36 Å². The van der Waals surface area contributed by atoms with Crippen LogP contribution in [0.5, 0.6) is 5.75 Å². The number of piperazine rings is 1. The molecular formula is C21H17F3N4O4S. The molecule has 1 fully saturated rings. The lowest BCUT2D eigenvalue weighted by atomic mass is 10.2. The molecule has 1 aliphatic heterocycles. The van der Waals surface area contributed by atoms with E-state index in [0.717, 1.165) is 0 Å². The molecule has 1 saturated heterocycles.